The van der Waals surface area contributed by atoms with Gasteiger partial charge in [0.1, 0.15) is 5.01 Å². The molecule has 0 amide bonds. The molecule has 120 valence electrons. The van der Waals surface area contributed by atoms with E-state index in [2.05, 4.69) is 39.6 Å². The predicted octanol–water partition coefficient (Wildman–Crippen LogP) is 1.74. The highest BCUT2D eigenvalue weighted by atomic mass is 32.1. The average molecular weight is 320 g/mol. The molecule has 0 unspecified atom stereocenters. The number of aromatic nitrogens is 3. The van der Waals surface area contributed by atoms with Crippen LogP contribution < -0.4 is 10.6 Å². The highest BCUT2D eigenvalue weighted by Gasteiger charge is 2.02. The lowest BCUT2D eigenvalue weighted by Gasteiger charge is -2.10. The monoisotopic (exact) mass is 320 g/mol. The van der Waals surface area contributed by atoms with Crippen LogP contribution in [-0.2, 0) is 26.4 Å². The molecule has 0 saturated heterocycles. The van der Waals surface area contributed by atoms with E-state index in [0.717, 1.165) is 36.9 Å². The molecular weight excluding hydrogens is 296 g/mol. The zero-order valence-corrected chi connectivity index (χ0v) is 14.3. The summed E-state index contributed by atoms with van der Waals surface area (Å²) in [6.45, 7) is 6.50. The highest BCUT2D eigenvalue weighted by Crippen LogP contribution is 2.13. The van der Waals surface area contributed by atoms with Crippen LogP contribution in [0.4, 0.5) is 0 Å². The van der Waals surface area contributed by atoms with Crippen LogP contribution in [0, 0.1) is 0 Å². The fourth-order valence-electron chi connectivity index (χ4n) is 2.00. The third kappa shape index (κ3) is 5.14. The number of aryl methyl sites for hydroxylation is 2. The summed E-state index contributed by atoms with van der Waals surface area (Å²) in [5.74, 6) is 0.833. The van der Waals surface area contributed by atoms with Crippen LogP contribution in [0.5, 0.6) is 0 Å². The second-order valence-electron chi connectivity index (χ2n) is 4.97. The minimum absolute atomic E-state index is 0.618. The first-order valence-electron chi connectivity index (χ1n) is 7.64. The Morgan fingerprint density at radius 3 is 2.82 bits per heavy atom. The van der Waals surface area contributed by atoms with Crippen molar-refractivity contribution in [2.75, 3.05) is 13.1 Å². The third-order valence-electron chi connectivity index (χ3n) is 3.13. The largest absolute Gasteiger partial charge is 0.357 e. The number of hydrogen-bond acceptors (Lipinski definition) is 4. The van der Waals surface area contributed by atoms with E-state index in [-0.39, 0.29) is 0 Å². The van der Waals surface area contributed by atoms with Gasteiger partial charge in [-0.2, -0.15) is 5.10 Å². The summed E-state index contributed by atoms with van der Waals surface area (Å²) in [7, 11) is 1.93. The number of hydrogen-bond donors (Lipinski definition) is 2. The molecule has 0 atom stereocenters. The molecule has 2 aromatic rings. The summed E-state index contributed by atoms with van der Waals surface area (Å²) >= 11 is 1.73. The molecule has 0 aliphatic rings. The average Bonchev–Trinajstić information content (AvgIpc) is 3.13. The molecular formula is C15H24N6S. The molecule has 2 N–H and O–H groups in total. The summed E-state index contributed by atoms with van der Waals surface area (Å²) in [6.07, 6.45) is 7.83. The van der Waals surface area contributed by atoms with E-state index in [4.69, 9.17) is 0 Å². The van der Waals surface area contributed by atoms with Gasteiger partial charge in [0.05, 0.1) is 12.7 Å². The maximum absolute atomic E-state index is 4.59. The van der Waals surface area contributed by atoms with Crippen molar-refractivity contribution in [1.29, 1.82) is 0 Å². The zero-order valence-electron chi connectivity index (χ0n) is 13.5. The number of nitrogens with zero attached hydrogens (tertiary/aromatic N) is 4. The molecule has 0 fully saturated rings. The molecule has 0 aromatic carbocycles. The van der Waals surface area contributed by atoms with Crippen LogP contribution in [0.1, 0.15) is 29.3 Å². The van der Waals surface area contributed by atoms with Crippen LogP contribution in [0.15, 0.2) is 23.6 Å². The second kappa shape index (κ2) is 8.53. The van der Waals surface area contributed by atoms with E-state index in [1.165, 1.54) is 10.4 Å². The van der Waals surface area contributed by atoms with Crippen molar-refractivity contribution >= 4 is 17.3 Å². The minimum Gasteiger partial charge on any atom is -0.357 e. The number of nitrogens with one attached hydrogen (secondary N) is 2. The van der Waals surface area contributed by atoms with Crippen LogP contribution in [0.25, 0.3) is 0 Å². The van der Waals surface area contributed by atoms with Crippen molar-refractivity contribution in [3.63, 3.8) is 0 Å². The maximum Gasteiger partial charge on any atom is 0.191 e. The van der Waals surface area contributed by atoms with E-state index in [0.29, 0.717) is 6.54 Å². The number of thiazole rings is 1. The molecule has 2 aromatic heterocycles. The summed E-state index contributed by atoms with van der Waals surface area (Å²) in [5.41, 5.74) is 1.22. The molecule has 0 radical (unpaired) electrons. The normalized spacial score (nSPS) is 11.7. The molecule has 0 saturated carbocycles. The van der Waals surface area contributed by atoms with Gasteiger partial charge in [-0.05, 0) is 25.3 Å². The van der Waals surface area contributed by atoms with Crippen molar-refractivity contribution < 1.29 is 0 Å². The van der Waals surface area contributed by atoms with Crippen LogP contribution in [0.2, 0.25) is 0 Å². The van der Waals surface area contributed by atoms with E-state index >= 15 is 0 Å². The Bertz CT molecular complexity index is 601. The summed E-state index contributed by atoms with van der Waals surface area (Å²) < 4.78 is 1.82. The van der Waals surface area contributed by atoms with Crippen LogP contribution >= 0.6 is 11.3 Å². The Morgan fingerprint density at radius 1 is 1.32 bits per heavy atom. The fourth-order valence-corrected chi connectivity index (χ4v) is 2.79. The third-order valence-corrected chi connectivity index (χ3v) is 4.26. The van der Waals surface area contributed by atoms with Gasteiger partial charge in [-0.1, -0.05) is 6.92 Å². The SMILES string of the molecule is CCNC(=NCc1ncc(CC)s1)NCCc1cnn(C)c1. The number of guanidine groups is 1. The van der Waals surface area contributed by atoms with Gasteiger partial charge >= 0.3 is 0 Å². The number of rotatable bonds is 7. The molecule has 6 nitrogen and oxygen atoms in total. The highest BCUT2D eigenvalue weighted by molar-refractivity contribution is 7.11. The Labute approximate surface area is 135 Å². The Balaban J connectivity index is 1.83. The molecule has 0 bridgehead atoms. The molecule has 0 spiro atoms. The van der Waals surface area contributed by atoms with Crippen molar-refractivity contribution in [3.05, 3.63) is 34.0 Å². The Kier molecular flexibility index (Phi) is 6.39. The van der Waals surface area contributed by atoms with Crippen molar-refractivity contribution in [1.82, 2.24) is 25.4 Å². The van der Waals surface area contributed by atoms with Gasteiger partial charge in [0.15, 0.2) is 5.96 Å². The van der Waals surface area contributed by atoms with Gasteiger partial charge in [-0.15, -0.1) is 11.3 Å². The molecule has 0 aliphatic carbocycles. The molecule has 2 heterocycles. The van der Waals surface area contributed by atoms with Gasteiger partial charge in [-0.25, -0.2) is 9.98 Å². The van der Waals surface area contributed by atoms with Gasteiger partial charge in [-0.3, -0.25) is 4.68 Å². The van der Waals surface area contributed by atoms with Crippen LogP contribution in [0.3, 0.4) is 0 Å². The quantitative estimate of drug-likeness (QED) is 0.602. The standard InChI is InChI=1S/C15H24N6S/c1-4-13-9-18-14(22-13)10-19-15(16-5-2)17-7-6-12-8-20-21(3)11-12/h8-9,11H,4-7,10H2,1-3H3,(H2,16,17,19). The molecule has 22 heavy (non-hydrogen) atoms. The fraction of sp³-hybridized carbons (Fsp3) is 0.533. The van der Waals surface area contributed by atoms with E-state index in [9.17, 15) is 0 Å². The smallest absolute Gasteiger partial charge is 0.191 e. The summed E-state index contributed by atoms with van der Waals surface area (Å²) in [5, 5.41) is 11.8. The lowest BCUT2D eigenvalue weighted by Crippen LogP contribution is -2.38. The summed E-state index contributed by atoms with van der Waals surface area (Å²) in [6, 6.07) is 0. The topological polar surface area (TPSA) is 67.1 Å². The lowest BCUT2D eigenvalue weighted by molar-refractivity contribution is 0.765. The molecule has 2 rings (SSSR count). The van der Waals surface area contributed by atoms with Gasteiger partial charge in [0.2, 0.25) is 0 Å². The van der Waals surface area contributed by atoms with E-state index in [1.807, 2.05) is 30.3 Å². The Hall–Kier alpha value is -1.89. The van der Waals surface area contributed by atoms with Crippen molar-refractivity contribution in [3.8, 4) is 0 Å². The number of aliphatic imine (C=N–C) groups is 1. The second-order valence-corrected chi connectivity index (χ2v) is 6.17. The van der Waals surface area contributed by atoms with Gasteiger partial charge < -0.3 is 10.6 Å². The van der Waals surface area contributed by atoms with E-state index in [1.54, 1.807) is 11.3 Å². The van der Waals surface area contributed by atoms with Crippen molar-refractivity contribution in [2.45, 2.75) is 33.2 Å². The summed E-state index contributed by atoms with van der Waals surface area (Å²) in [4.78, 5) is 10.3. The minimum atomic E-state index is 0.618. The van der Waals surface area contributed by atoms with Crippen molar-refractivity contribution in [2.24, 2.45) is 12.0 Å². The first-order chi connectivity index (χ1) is 10.7. The Morgan fingerprint density at radius 2 is 2.18 bits per heavy atom. The molecule has 7 heteroatoms. The van der Waals surface area contributed by atoms with Crippen LogP contribution in [-0.4, -0.2) is 33.8 Å². The van der Waals surface area contributed by atoms with Gasteiger partial charge in [0, 0.05) is 37.4 Å². The first-order valence-corrected chi connectivity index (χ1v) is 8.46. The van der Waals surface area contributed by atoms with Gasteiger partial charge in [0.25, 0.3) is 0 Å². The van der Waals surface area contributed by atoms with E-state index < -0.39 is 0 Å². The molecule has 0 aliphatic heterocycles. The zero-order chi connectivity index (χ0) is 15.8. The maximum atomic E-state index is 4.59. The first kappa shape index (κ1) is 16.5. The predicted molar refractivity (Wildman–Crippen MR) is 91.2 cm³/mol. The lowest BCUT2D eigenvalue weighted by atomic mass is 10.2.